The molecule has 53 heavy (non-hydrogen) atoms. The van der Waals surface area contributed by atoms with Crippen molar-refractivity contribution in [1.29, 1.82) is 0 Å². The lowest BCUT2D eigenvalue weighted by atomic mass is 10.1. The van der Waals surface area contributed by atoms with Gasteiger partial charge in [0.1, 0.15) is 11.4 Å². The molecule has 3 N–H and O–H groups in total. The topological polar surface area (TPSA) is 146 Å². The van der Waals surface area contributed by atoms with E-state index in [1.807, 2.05) is 17.5 Å². The quantitative estimate of drug-likeness (QED) is 0.0731. The lowest BCUT2D eigenvalue weighted by molar-refractivity contribution is -0.115. The van der Waals surface area contributed by atoms with E-state index in [4.69, 9.17) is 23.7 Å². The first-order valence-corrected chi connectivity index (χ1v) is 17.9. The zero-order chi connectivity index (χ0) is 37.9. The average molecular weight is 755 g/mol. The molecule has 0 saturated heterocycles. The first-order chi connectivity index (χ1) is 25.7. The van der Waals surface area contributed by atoms with Crippen molar-refractivity contribution in [2.45, 2.75) is 17.1 Å². The Morgan fingerprint density at radius 2 is 1.38 bits per heavy atom. The molecule has 3 amide bonds. The fourth-order valence-electron chi connectivity index (χ4n) is 5.00. The third-order valence-electron chi connectivity index (χ3n) is 7.77. The summed E-state index contributed by atoms with van der Waals surface area (Å²) in [6.07, 6.45) is 1.50. The van der Waals surface area contributed by atoms with Crippen LogP contribution in [0.1, 0.15) is 22.8 Å². The van der Waals surface area contributed by atoms with Gasteiger partial charge in [-0.2, -0.15) is 0 Å². The smallest absolute Gasteiger partial charge is 0.272 e. The minimum absolute atomic E-state index is 0.0374. The highest BCUT2D eigenvalue weighted by Gasteiger charge is 2.20. The van der Waals surface area contributed by atoms with E-state index in [-0.39, 0.29) is 11.6 Å². The minimum atomic E-state index is -0.574. The summed E-state index contributed by atoms with van der Waals surface area (Å²) < 4.78 is 27.1. The molecule has 0 fully saturated rings. The SMILES string of the molecule is COc1cc(OC)c(OC)cc1/C=C(\NC(=O)c1ccccc1)C(=O)Nc1ccc(SC(C)C(=O)Nc2nc(-c3ccc(OC)c(OC)c3)cs2)cc1. The van der Waals surface area contributed by atoms with Crippen LogP contribution in [-0.2, 0) is 9.59 Å². The van der Waals surface area contributed by atoms with Gasteiger partial charge in [0.25, 0.3) is 11.8 Å². The molecule has 4 aromatic carbocycles. The molecule has 14 heteroatoms. The predicted molar refractivity (Wildman–Crippen MR) is 208 cm³/mol. The van der Waals surface area contributed by atoms with Crippen molar-refractivity contribution in [2.75, 3.05) is 46.2 Å². The van der Waals surface area contributed by atoms with Gasteiger partial charge < -0.3 is 39.6 Å². The van der Waals surface area contributed by atoms with Crippen LogP contribution in [0.25, 0.3) is 17.3 Å². The Hall–Kier alpha value is -5.99. The largest absolute Gasteiger partial charge is 0.496 e. The second kappa shape index (κ2) is 18.0. The highest BCUT2D eigenvalue weighted by atomic mass is 32.2. The molecule has 5 aromatic rings. The molecule has 1 unspecified atom stereocenters. The summed E-state index contributed by atoms with van der Waals surface area (Å²) in [5, 5.41) is 10.3. The number of thiazole rings is 1. The first kappa shape index (κ1) is 38.2. The van der Waals surface area contributed by atoms with E-state index in [1.165, 1.54) is 50.5 Å². The van der Waals surface area contributed by atoms with Gasteiger partial charge in [0.15, 0.2) is 28.1 Å². The van der Waals surface area contributed by atoms with E-state index in [9.17, 15) is 14.4 Å². The van der Waals surface area contributed by atoms with Gasteiger partial charge in [-0.3, -0.25) is 14.4 Å². The molecule has 1 atom stereocenters. The number of methoxy groups -OCH3 is 5. The number of anilines is 2. The third-order valence-corrected chi connectivity index (χ3v) is 9.64. The standard InChI is InChI=1S/C39H38N4O8S2/c1-23(36(44)43-39-42-30(22-52-39)25-12-17-31(47-2)33(19-25)49-4)53-28-15-13-27(14-16-28)40-38(46)29(41-37(45)24-10-8-7-9-11-24)18-26-20-34(50-5)35(51-6)21-32(26)48-3/h7-23H,1-6H3,(H,40,46)(H,41,45)(H,42,43,44)/b29-18-. The van der Waals surface area contributed by atoms with Crippen molar-refractivity contribution >= 4 is 57.7 Å². The van der Waals surface area contributed by atoms with Crippen LogP contribution in [0.4, 0.5) is 10.8 Å². The number of benzene rings is 4. The van der Waals surface area contributed by atoms with E-state index in [2.05, 4.69) is 20.9 Å². The van der Waals surface area contributed by atoms with Gasteiger partial charge in [-0.25, -0.2) is 4.98 Å². The number of nitrogens with one attached hydrogen (secondary N) is 3. The molecule has 274 valence electrons. The first-order valence-electron chi connectivity index (χ1n) is 16.1. The maximum absolute atomic E-state index is 13.7. The summed E-state index contributed by atoms with van der Waals surface area (Å²) >= 11 is 2.68. The fourth-order valence-corrected chi connectivity index (χ4v) is 6.59. The Labute approximate surface area is 315 Å². The van der Waals surface area contributed by atoms with Gasteiger partial charge in [-0.05, 0) is 73.7 Å². The molecule has 5 rings (SSSR count). The molecule has 1 heterocycles. The third kappa shape index (κ3) is 9.67. The maximum atomic E-state index is 13.7. The molecule has 0 aliphatic carbocycles. The van der Waals surface area contributed by atoms with Crippen LogP contribution in [0.2, 0.25) is 0 Å². The second-order valence-electron chi connectivity index (χ2n) is 11.2. The number of carbonyl (C=O) groups excluding carboxylic acids is 3. The van der Waals surface area contributed by atoms with E-state index < -0.39 is 17.1 Å². The van der Waals surface area contributed by atoms with Gasteiger partial charge in [-0.1, -0.05) is 18.2 Å². The molecule has 0 radical (unpaired) electrons. The monoisotopic (exact) mass is 754 g/mol. The highest BCUT2D eigenvalue weighted by molar-refractivity contribution is 8.00. The van der Waals surface area contributed by atoms with Crippen LogP contribution in [0, 0.1) is 0 Å². The van der Waals surface area contributed by atoms with Crippen molar-refractivity contribution in [3.8, 4) is 40.0 Å². The number of carbonyl (C=O) groups is 3. The zero-order valence-electron chi connectivity index (χ0n) is 29.8. The normalized spacial score (nSPS) is 11.5. The Morgan fingerprint density at radius 1 is 0.736 bits per heavy atom. The van der Waals surface area contributed by atoms with Crippen LogP contribution in [-0.4, -0.2) is 63.5 Å². The number of rotatable bonds is 15. The molecular formula is C39H38N4O8S2. The van der Waals surface area contributed by atoms with Gasteiger partial charge in [-0.15, -0.1) is 23.1 Å². The number of thioether (sulfide) groups is 1. The lowest BCUT2D eigenvalue weighted by Crippen LogP contribution is -2.30. The molecule has 0 aliphatic rings. The number of hydrogen-bond donors (Lipinski definition) is 3. The van der Waals surface area contributed by atoms with E-state index >= 15 is 0 Å². The summed E-state index contributed by atoms with van der Waals surface area (Å²) in [6, 6.07) is 24.4. The zero-order valence-corrected chi connectivity index (χ0v) is 31.5. The van der Waals surface area contributed by atoms with E-state index in [1.54, 1.807) is 93.9 Å². The number of aromatic nitrogens is 1. The van der Waals surface area contributed by atoms with Gasteiger partial charge in [0.2, 0.25) is 5.91 Å². The Morgan fingerprint density at radius 3 is 2.04 bits per heavy atom. The van der Waals surface area contributed by atoms with Crippen LogP contribution in [0.15, 0.2) is 101 Å². The Balaban J connectivity index is 1.27. The van der Waals surface area contributed by atoms with Crippen molar-refractivity contribution in [3.63, 3.8) is 0 Å². The number of ether oxygens (including phenoxy) is 5. The lowest BCUT2D eigenvalue weighted by Gasteiger charge is -2.15. The number of amides is 3. The van der Waals surface area contributed by atoms with Crippen molar-refractivity contribution in [2.24, 2.45) is 0 Å². The second-order valence-corrected chi connectivity index (χ2v) is 13.4. The van der Waals surface area contributed by atoms with Crippen molar-refractivity contribution in [1.82, 2.24) is 10.3 Å². The van der Waals surface area contributed by atoms with Crippen LogP contribution < -0.4 is 39.6 Å². The van der Waals surface area contributed by atoms with Crippen molar-refractivity contribution in [3.05, 3.63) is 107 Å². The molecule has 0 bridgehead atoms. The highest BCUT2D eigenvalue weighted by Crippen LogP contribution is 2.36. The molecular weight excluding hydrogens is 717 g/mol. The fraction of sp³-hybridized carbons (Fsp3) is 0.179. The molecule has 12 nitrogen and oxygen atoms in total. The van der Waals surface area contributed by atoms with Crippen LogP contribution >= 0.6 is 23.1 Å². The molecule has 1 aromatic heterocycles. The summed E-state index contributed by atoms with van der Waals surface area (Å²) in [7, 11) is 7.63. The van der Waals surface area contributed by atoms with Crippen LogP contribution in [0.3, 0.4) is 0 Å². The number of nitrogens with zero attached hydrogens (tertiary/aromatic N) is 1. The van der Waals surface area contributed by atoms with Crippen LogP contribution in [0.5, 0.6) is 28.7 Å². The molecule has 0 spiro atoms. The van der Waals surface area contributed by atoms with Gasteiger partial charge >= 0.3 is 0 Å². The Kier molecular flexibility index (Phi) is 13.0. The summed E-state index contributed by atoms with van der Waals surface area (Å²) in [4.78, 5) is 45.3. The van der Waals surface area contributed by atoms with Gasteiger partial charge in [0, 0.05) is 38.7 Å². The Bertz CT molecular complexity index is 2100. The summed E-state index contributed by atoms with van der Waals surface area (Å²) in [5.41, 5.74) is 2.81. The van der Waals surface area contributed by atoms with Gasteiger partial charge in [0.05, 0.1) is 46.5 Å². The van der Waals surface area contributed by atoms with E-state index in [0.717, 1.165) is 10.5 Å². The average Bonchev–Trinajstić information content (AvgIpc) is 3.66. The number of hydrogen-bond acceptors (Lipinski definition) is 11. The molecule has 0 saturated carbocycles. The molecule has 0 aliphatic heterocycles. The summed E-state index contributed by atoms with van der Waals surface area (Å²) in [6.45, 7) is 1.80. The minimum Gasteiger partial charge on any atom is -0.496 e. The van der Waals surface area contributed by atoms with E-state index in [0.29, 0.717) is 56.4 Å². The summed E-state index contributed by atoms with van der Waals surface area (Å²) in [5.74, 6) is 1.19. The predicted octanol–water partition coefficient (Wildman–Crippen LogP) is 7.38. The van der Waals surface area contributed by atoms with Crippen molar-refractivity contribution < 1.29 is 38.1 Å². The maximum Gasteiger partial charge on any atom is 0.272 e.